The lowest BCUT2D eigenvalue weighted by Gasteiger charge is -2.12. The molecule has 0 aliphatic heterocycles. The average molecular weight is 522 g/mol. The molecule has 4 aromatic carbocycles. The summed E-state index contributed by atoms with van der Waals surface area (Å²) in [7, 11) is 1.64. The quantitative estimate of drug-likeness (QED) is 0.203. The van der Waals surface area contributed by atoms with Crippen molar-refractivity contribution in [2.24, 2.45) is 0 Å². The minimum atomic E-state index is -0.358. The molecule has 3 N–H and O–H groups in total. The smallest absolute Gasteiger partial charge is 0.323 e. The van der Waals surface area contributed by atoms with Gasteiger partial charge in [-0.1, -0.05) is 48.0 Å². The molecule has 188 valence electrons. The number of ether oxygens (including phenoxy) is 1. The Morgan fingerprint density at radius 3 is 2.32 bits per heavy atom. The highest BCUT2D eigenvalue weighted by molar-refractivity contribution is 6.30. The number of fused-ring (bicyclic) bond motifs is 1. The Morgan fingerprint density at radius 1 is 0.789 bits per heavy atom. The monoisotopic (exact) mass is 521 g/mol. The number of methoxy groups -OCH3 is 1. The molecule has 0 saturated heterocycles. The summed E-state index contributed by atoms with van der Waals surface area (Å²) in [5.41, 5.74) is 3.86. The molecule has 1 heterocycles. The van der Waals surface area contributed by atoms with E-state index in [0.29, 0.717) is 28.0 Å². The summed E-state index contributed by atoms with van der Waals surface area (Å²) in [6, 6.07) is 29.5. The Morgan fingerprint density at radius 2 is 1.53 bits per heavy atom. The van der Waals surface area contributed by atoms with Gasteiger partial charge in [0.25, 0.3) is 0 Å². The van der Waals surface area contributed by atoms with Gasteiger partial charge in [0.2, 0.25) is 0 Å². The number of nitrogens with one attached hydrogen (secondary N) is 3. The van der Waals surface area contributed by atoms with Crippen LogP contribution < -0.4 is 20.7 Å². The molecule has 0 fully saturated rings. The Labute approximate surface area is 225 Å². The Kier molecular flexibility index (Phi) is 7.47. The number of hydrogen-bond donors (Lipinski definition) is 3. The number of anilines is 4. The van der Waals surface area contributed by atoms with Crippen LogP contribution in [-0.4, -0.2) is 23.1 Å². The van der Waals surface area contributed by atoms with Crippen molar-refractivity contribution in [3.8, 4) is 5.75 Å². The fourth-order valence-corrected chi connectivity index (χ4v) is 3.91. The molecule has 38 heavy (non-hydrogen) atoms. The molecule has 0 bridgehead atoms. The summed E-state index contributed by atoms with van der Waals surface area (Å²) in [5.74, 6) is 2.03. The molecule has 2 amide bonds. The van der Waals surface area contributed by atoms with Gasteiger partial charge in [-0.25, -0.2) is 14.8 Å². The normalized spacial score (nSPS) is 10.9. The first kappa shape index (κ1) is 24.8. The number of urea groups is 1. The van der Waals surface area contributed by atoms with E-state index in [1.165, 1.54) is 0 Å². The maximum Gasteiger partial charge on any atom is 0.323 e. The predicted molar refractivity (Wildman–Crippen MR) is 155 cm³/mol. The fourth-order valence-electron chi connectivity index (χ4n) is 3.79. The highest BCUT2D eigenvalue weighted by atomic mass is 35.5. The third-order valence-electron chi connectivity index (χ3n) is 5.65. The van der Waals surface area contributed by atoms with Crippen molar-refractivity contribution in [2.75, 3.05) is 23.1 Å². The lowest BCUT2D eigenvalue weighted by Crippen LogP contribution is -2.19. The minimum Gasteiger partial charge on any atom is -0.497 e. The van der Waals surface area contributed by atoms with E-state index in [2.05, 4.69) is 16.0 Å². The van der Waals surface area contributed by atoms with Crippen LogP contribution in [0.1, 0.15) is 11.4 Å². The predicted octanol–water partition coefficient (Wildman–Crippen LogP) is 7.85. The van der Waals surface area contributed by atoms with Gasteiger partial charge in [-0.3, -0.25) is 0 Å². The van der Waals surface area contributed by atoms with Gasteiger partial charge in [0.15, 0.2) is 5.82 Å². The molecule has 0 atom stereocenters. The number of benzene rings is 4. The zero-order valence-corrected chi connectivity index (χ0v) is 21.2. The van der Waals surface area contributed by atoms with E-state index < -0.39 is 0 Å². The van der Waals surface area contributed by atoms with Crippen LogP contribution in [0.2, 0.25) is 5.02 Å². The van der Waals surface area contributed by atoms with Crippen LogP contribution in [0.3, 0.4) is 0 Å². The average Bonchev–Trinajstić information content (AvgIpc) is 2.93. The van der Waals surface area contributed by atoms with E-state index >= 15 is 0 Å². The molecule has 0 radical (unpaired) electrons. The van der Waals surface area contributed by atoms with Crippen LogP contribution >= 0.6 is 11.6 Å². The van der Waals surface area contributed by atoms with Crippen LogP contribution in [0.25, 0.3) is 23.1 Å². The van der Waals surface area contributed by atoms with Crippen LogP contribution in [-0.2, 0) is 0 Å². The molecule has 0 saturated carbocycles. The largest absolute Gasteiger partial charge is 0.497 e. The molecule has 0 unspecified atom stereocenters. The van der Waals surface area contributed by atoms with Gasteiger partial charge in [-0.05, 0) is 78.4 Å². The Balaban J connectivity index is 1.35. The van der Waals surface area contributed by atoms with Gasteiger partial charge in [-0.2, -0.15) is 0 Å². The van der Waals surface area contributed by atoms with Gasteiger partial charge >= 0.3 is 6.03 Å². The van der Waals surface area contributed by atoms with Crippen molar-refractivity contribution < 1.29 is 9.53 Å². The molecule has 0 aliphatic carbocycles. The number of halogens is 1. The zero-order chi connectivity index (χ0) is 26.3. The van der Waals surface area contributed by atoms with E-state index in [4.69, 9.17) is 26.3 Å². The molecular formula is C30H24ClN5O2. The van der Waals surface area contributed by atoms with Crippen molar-refractivity contribution in [3.05, 3.63) is 113 Å². The van der Waals surface area contributed by atoms with Crippen molar-refractivity contribution in [2.45, 2.75) is 0 Å². The summed E-state index contributed by atoms with van der Waals surface area (Å²) in [6.45, 7) is 0. The number of rotatable bonds is 7. The van der Waals surface area contributed by atoms with Gasteiger partial charge in [0.05, 0.1) is 12.6 Å². The van der Waals surface area contributed by atoms with Gasteiger partial charge in [0, 0.05) is 27.5 Å². The lowest BCUT2D eigenvalue weighted by atomic mass is 10.2. The second-order valence-corrected chi connectivity index (χ2v) is 8.78. The topological polar surface area (TPSA) is 88.2 Å². The van der Waals surface area contributed by atoms with Crippen LogP contribution in [0, 0.1) is 0 Å². The van der Waals surface area contributed by atoms with E-state index in [-0.39, 0.29) is 6.03 Å². The number of para-hydroxylation sites is 1. The first-order valence-electron chi connectivity index (χ1n) is 11.9. The molecule has 7 nitrogen and oxygen atoms in total. The maximum atomic E-state index is 12.5. The lowest BCUT2D eigenvalue weighted by molar-refractivity contribution is 0.262. The summed E-state index contributed by atoms with van der Waals surface area (Å²) < 4.78 is 5.22. The summed E-state index contributed by atoms with van der Waals surface area (Å²) in [6.07, 6.45) is 3.83. The minimum absolute atomic E-state index is 0.358. The highest BCUT2D eigenvalue weighted by Crippen LogP contribution is 2.26. The number of aromatic nitrogens is 2. The van der Waals surface area contributed by atoms with E-state index in [0.717, 1.165) is 27.9 Å². The molecule has 1 aromatic heterocycles. The number of amides is 2. The molecule has 5 rings (SSSR count). The van der Waals surface area contributed by atoms with Crippen LogP contribution in [0.15, 0.2) is 97.1 Å². The van der Waals surface area contributed by atoms with E-state index in [1.54, 1.807) is 31.4 Å². The van der Waals surface area contributed by atoms with Crippen molar-refractivity contribution in [1.82, 2.24) is 9.97 Å². The summed E-state index contributed by atoms with van der Waals surface area (Å²) in [5, 5.41) is 10.5. The number of carbonyl (C=O) groups is 1. The number of nitrogens with zero attached hydrogens (tertiary/aromatic N) is 2. The van der Waals surface area contributed by atoms with Crippen LogP contribution in [0.5, 0.6) is 5.75 Å². The Bertz CT molecular complexity index is 1600. The summed E-state index contributed by atoms with van der Waals surface area (Å²) in [4.78, 5) is 21.9. The van der Waals surface area contributed by atoms with Crippen molar-refractivity contribution >= 4 is 63.6 Å². The summed E-state index contributed by atoms with van der Waals surface area (Å²) >= 11 is 5.91. The van der Waals surface area contributed by atoms with Gasteiger partial charge in [-0.15, -0.1) is 0 Å². The standard InChI is InChI=1S/C30H24ClN5O2/c1-38-25-16-9-20(10-17-25)11-18-28-35-27-8-3-2-7-26(27)29(36-28)32-23-5-4-6-24(19-23)34-30(37)33-22-14-12-21(31)13-15-22/h2-19H,1H3,(H,32,35,36)(H2,33,34,37)/b18-11+. The molecule has 5 aromatic rings. The zero-order valence-electron chi connectivity index (χ0n) is 20.5. The van der Waals surface area contributed by atoms with E-state index in [1.807, 2.05) is 84.9 Å². The van der Waals surface area contributed by atoms with Crippen LogP contribution in [0.4, 0.5) is 27.7 Å². The SMILES string of the molecule is COc1ccc(/C=C/c2nc(Nc3cccc(NC(=O)Nc4ccc(Cl)cc4)c3)c3ccccc3n2)cc1. The molecule has 0 aliphatic rings. The van der Waals surface area contributed by atoms with Gasteiger partial charge < -0.3 is 20.7 Å². The first-order valence-corrected chi connectivity index (χ1v) is 12.2. The van der Waals surface area contributed by atoms with Crippen molar-refractivity contribution in [1.29, 1.82) is 0 Å². The third kappa shape index (κ3) is 6.27. The third-order valence-corrected chi connectivity index (χ3v) is 5.90. The van der Waals surface area contributed by atoms with Gasteiger partial charge in [0.1, 0.15) is 11.6 Å². The Hall–Kier alpha value is -4.88. The highest BCUT2D eigenvalue weighted by Gasteiger charge is 2.08. The molecule has 8 heteroatoms. The fraction of sp³-hybridized carbons (Fsp3) is 0.0333. The number of hydrogen-bond acceptors (Lipinski definition) is 5. The first-order chi connectivity index (χ1) is 18.6. The van der Waals surface area contributed by atoms with Crippen molar-refractivity contribution in [3.63, 3.8) is 0 Å². The molecular weight excluding hydrogens is 498 g/mol. The maximum absolute atomic E-state index is 12.5. The second kappa shape index (κ2) is 11.5. The molecule has 0 spiro atoms. The second-order valence-electron chi connectivity index (χ2n) is 8.35. The van der Waals surface area contributed by atoms with E-state index in [9.17, 15) is 4.79 Å². The number of carbonyl (C=O) groups excluding carboxylic acids is 1.